The van der Waals surface area contributed by atoms with Gasteiger partial charge in [0, 0.05) is 24.8 Å². The second kappa shape index (κ2) is 9.01. The van der Waals surface area contributed by atoms with E-state index < -0.39 is 47.9 Å². The number of carboxylic acids is 1. The summed E-state index contributed by atoms with van der Waals surface area (Å²) >= 11 is 0. The summed E-state index contributed by atoms with van der Waals surface area (Å²) in [5, 5.41) is 11.4. The van der Waals surface area contributed by atoms with Crippen molar-refractivity contribution in [2.75, 3.05) is 19.6 Å². The molecule has 0 bridgehead atoms. The molecule has 0 saturated heterocycles. The molecule has 1 aromatic heterocycles. The maximum atomic E-state index is 12.4. The number of carboxylic acid groups (broad SMARTS) is 1. The van der Waals surface area contributed by atoms with Crippen LogP contribution in [-0.2, 0) is 20.9 Å². The Kier molecular flexibility index (Phi) is 7.32. The molecule has 0 aliphatic heterocycles. The summed E-state index contributed by atoms with van der Waals surface area (Å²) in [6, 6.07) is 0. The molecule has 11 nitrogen and oxygen atoms in total. The van der Waals surface area contributed by atoms with Crippen LogP contribution >= 0.6 is 0 Å². The zero-order valence-electron chi connectivity index (χ0n) is 15.7. The number of ether oxygens (including phenoxy) is 1. The first-order valence-electron chi connectivity index (χ1n) is 8.16. The molecule has 11 heteroatoms. The van der Waals surface area contributed by atoms with Crippen LogP contribution in [0.3, 0.4) is 0 Å². The Labute approximate surface area is 154 Å². The van der Waals surface area contributed by atoms with Crippen molar-refractivity contribution in [1.82, 2.24) is 19.8 Å². The van der Waals surface area contributed by atoms with Gasteiger partial charge in [0.1, 0.15) is 18.7 Å². The van der Waals surface area contributed by atoms with Crippen LogP contribution in [0.25, 0.3) is 0 Å². The van der Waals surface area contributed by atoms with Crippen molar-refractivity contribution in [3.8, 4) is 0 Å². The number of aliphatic carboxylic acids is 1. The van der Waals surface area contributed by atoms with Crippen molar-refractivity contribution < 1.29 is 24.2 Å². The predicted octanol–water partition coefficient (Wildman–Crippen LogP) is -0.717. The number of aryl methyl sites for hydroxylation is 1. The Morgan fingerprint density at radius 2 is 1.93 bits per heavy atom. The summed E-state index contributed by atoms with van der Waals surface area (Å²) in [6.07, 6.45) is 0.516. The molecule has 0 atom stereocenters. The molecule has 1 rings (SSSR count). The molecule has 2 amide bonds. The van der Waals surface area contributed by atoms with Crippen molar-refractivity contribution in [2.45, 2.75) is 39.8 Å². The third kappa shape index (κ3) is 7.34. The van der Waals surface area contributed by atoms with E-state index in [0.717, 1.165) is 4.90 Å². The van der Waals surface area contributed by atoms with E-state index in [1.54, 1.807) is 20.8 Å². The Balaban J connectivity index is 2.79. The second-order valence-electron chi connectivity index (χ2n) is 6.81. The summed E-state index contributed by atoms with van der Waals surface area (Å²) in [5.41, 5.74) is -1.89. The number of rotatable bonds is 7. The van der Waals surface area contributed by atoms with E-state index in [-0.39, 0.29) is 18.7 Å². The minimum atomic E-state index is -1.27. The molecule has 150 valence electrons. The lowest BCUT2D eigenvalue weighted by Gasteiger charge is -2.23. The number of carbonyl (C=O) groups is 3. The van der Waals surface area contributed by atoms with Crippen molar-refractivity contribution >= 4 is 18.0 Å². The standard InChI is InChI=1S/C16H24N4O7/c1-10-7-18-14(25)20(13(10)24)8-11(21)19(9-12(22)23)6-5-17-15(26)27-16(2,3)4/h7H,5-6,8-9H2,1-4H3,(H,17,26)(H,18,25)(H,22,23). The van der Waals surface area contributed by atoms with Crippen LogP contribution in [0, 0.1) is 6.92 Å². The zero-order chi connectivity index (χ0) is 20.8. The lowest BCUT2D eigenvalue weighted by atomic mass is 10.2. The van der Waals surface area contributed by atoms with Gasteiger partial charge < -0.3 is 25.0 Å². The predicted molar refractivity (Wildman–Crippen MR) is 94.5 cm³/mol. The number of nitrogens with zero attached hydrogens (tertiary/aromatic N) is 2. The summed E-state index contributed by atoms with van der Waals surface area (Å²) < 4.78 is 5.73. The fourth-order valence-electron chi connectivity index (χ4n) is 2.06. The summed E-state index contributed by atoms with van der Waals surface area (Å²) in [4.78, 5) is 62.0. The fourth-order valence-corrected chi connectivity index (χ4v) is 2.06. The van der Waals surface area contributed by atoms with Crippen LogP contribution in [0.2, 0.25) is 0 Å². The number of aromatic nitrogens is 2. The first-order valence-corrected chi connectivity index (χ1v) is 8.16. The van der Waals surface area contributed by atoms with Crippen molar-refractivity contribution in [2.24, 2.45) is 0 Å². The second-order valence-corrected chi connectivity index (χ2v) is 6.81. The molecule has 3 N–H and O–H groups in total. The topological polar surface area (TPSA) is 151 Å². The van der Waals surface area contributed by atoms with Crippen LogP contribution < -0.4 is 16.6 Å². The third-order valence-electron chi connectivity index (χ3n) is 3.26. The number of aromatic amines is 1. The average molecular weight is 384 g/mol. The zero-order valence-corrected chi connectivity index (χ0v) is 15.7. The fraction of sp³-hybridized carbons (Fsp3) is 0.562. The van der Waals surface area contributed by atoms with Gasteiger partial charge in [0.2, 0.25) is 5.91 Å². The molecule has 1 aromatic rings. The molecule has 0 aliphatic carbocycles. The van der Waals surface area contributed by atoms with Crippen molar-refractivity contribution in [1.29, 1.82) is 0 Å². The summed E-state index contributed by atoms with van der Waals surface area (Å²) in [7, 11) is 0. The van der Waals surface area contributed by atoms with E-state index >= 15 is 0 Å². The Hall–Kier alpha value is -3.11. The molecule has 0 unspecified atom stereocenters. The molecule has 0 aliphatic rings. The number of carbonyl (C=O) groups excluding carboxylic acids is 2. The van der Waals surface area contributed by atoms with Gasteiger partial charge in [0.15, 0.2) is 0 Å². The molecule has 0 radical (unpaired) electrons. The van der Waals surface area contributed by atoms with E-state index in [0.29, 0.717) is 4.57 Å². The smallest absolute Gasteiger partial charge is 0.407 e. The highest BCUT2D eigenvalue weighted by Crippen LogP contribution is 2.06. The van der Waals surface area contributed by atoms with Gasteiger partial charge in [-0.15, -0.1) is 0 Å². The highest BCUT2D eigenvalue weighted by Gasteiger charge is 2.20. The molecule has 0 fully saturated rings. The number of amides is 2. The van der Waals surface area contributed by atoms with Gasteiger partial charge >= 0.3 is 17.8 Å². The molecular formula is C16H24N4O7. The molecular weight excluding hydrogens is 360 g/mol. The molecule has 0 aromatic carbocycles. The van der Waals surface area contributed by atoms with Crippen molar-refractivity contribution in [3.05, 3.63) is 32.6 Å². The quantitative estimate of drug-likeness (QED) is 0.561. The molecule has 27 heavy (non-hydrogen) atoms. The van der Waals surface area contributed by atoms with E-state index in [2.05, 4.69) is 10.3 Å². The number of alkyl carbamates (subject to hydrolysis) is 1. The van der Waals surface area contributed by atoms with Crippen LogP contribution in [0.15, 0.2) is 15.8 Å². The van der Waals surface area contributed by atoms with Crippen LogP contribution in [0.4, 0.5) is 4.79 Å². The van der Waals surface area contributed by atoms with Crippen molar-refractivity contribution in [3.63, 3.8) is 0 Å². The maximum absolute atomic E-state index is 12.4. The van der Waals surface area contributed by atoms with E-state index in [1.807, 2.05) is 0 Å². The minimum absolute atomic E-state index is 0.0625. The van der Waals surface area contributed by atoms with Gasteiger partial charge in [-0.25, -0.2) is 9.59 Å². The van der Waals surface area contributed by atoms with Gasteiger partial charge in [-0.1, -0.05) is 0 Å². The third-order valence-corrected chi connectivity index (χ3v) is 3.26. The van der Waals surface area contributed by atoms with E-state index in [4.69, 9.17) is 9.84 Å². The summed E-state index contributed by atoms with van der Waals surface area (Å²) in [5.74, 6) is -2.02. The monoisotopic (exact) mass is 384 g/mol. The highest BCUT2D eigenvalue weighted by atomic mass is 16.6. The number of hydrogen-bond donors (Lipinski definition) is 3. The Morgan fingerprint density at radius 1 is 1.30 bits per heavy atom. The minimum Gasteiger partial charge on any atom is -0.480 e. The lowest BCUT2D eigenvalue weighted by molar-refractivity contribution is -0.144. The highest BCUT2D eigenvalue weighted by molar-refractivity contribution is 5.81. The number of H-pyrrole nitrogens is 1. The van der Waals surface area contributed by atoms with Gasteiger partial charge in [-0.3, -0.25) is 19.0 Å². The van der Waals surface area contributed by atoms with E-state index in [9.17, 15) is 24.0 Å². The maximum Gasteiger partial charge on any atom is 0.407 e. The number of nitrogens with one attached hydrogen (secondary N) is 2. The largest absolute Gasteiger partial charge is 0.480 e. The number of hydrogen-bond acceptors (Lipinski definition) is 6. The van der Waals surface area contributed by atoms with Gasteiger partial charge in [-0.05, 0) is 27.7 Å². The molecule has 0 spiro atoms. The first kappa shape index (κ1) is 21.9. The first-order chi connectivity index (χ1) is 12.4. The van der Waals surface area contributed by atoms with Gasteiger partial charge in [0.25, 0.3) is 5.56 Å². The van der Waals surface area contributed by atoms with Crippen LogP contribution in [-0.4, -0.2) is 62.8 Å². The Bertz CT molecular complexity index is 819. The lowest BCUT2D eigenvalue weighted by Crippen LogP contribution is -2.46. The van der Waals surface area contributed by atoms with Gasteiger partial charge in [0.05, 0.1) is 0 Å². The van der Waals surface area contributed by atoms with Crippen LogP contribution in [0.1, 0.15) is 26.3 Å². The SMILES string of the molecule is Cc1c[nH]c(=O)n(CC(=O)N(CCNC(=O)OC(C)(C)C)CC(=O)O)c1=O. The Morgan fingerprint density at radius 3 is 2.48 bits per heavy atom. The molecule has 1 heterocycles. The summed E-state index contributed by atoms with van der Waals surface area (Å²) in [6.45, 7) is 5.07. The van der Waals surface area contributed by atoms with Crippen LogP contribution in [0.5, 0.6) is 0 Å². The molecule has 0 saturated carbocycles. The van der Waals surface area contributed by atoms with E-state index in [1.165, 1.54) is 13.1 Å². The van der Waals surface area contributed by atoms with Gasteiger partial charge in [-0.2, -0.15) is 0 Å². The average Bonchev–Trinajstić information content (AvgIpc) is 2.52. The normalized spacial score (nSPS) is 11.0.